The first-order valence-electron chi connectivity index (χ1n) is 9.02. The van der Waals surface area contributed by atoms with Crippen molar-refractivity contribution in [2.75, 3.05) is 5.32 Å². The van der Waals surface area contributed by atoms with E-state index in [1.807, 2.05) is 6.07 Å². The third kappa shape index (κ3) is 4.19. The van der Waals surface area contributed by atoms with Gasteiger partial charge in [0.25, 0.3) is 0 Å². The van der Waals surface area contributed by atoms with Gasteiger partial charge in [-0.05, 0) is 49.4 Å². The van der Waals surface area contributed by atoms with Gasteiger partial charge >= 0.3 is 11.6 Å². The van der Waals surface area contributed by atoms with Crippen molar-refractivity contribution in [3.8, 4) is 11.6 Å². The molecule has 0 radical (unpaired) electrons. The topological polar surface area (TPSA) is 120 Å². The van der Waals surface area contributed by atoms with E-state index in [1.165, 1.54) is 13.3 Å². The van der Waals surface area contributed by atoms with Crippen LogP contribution in [0.3, 0.4) is 0 Å². The third-order valence-corrected chi connectivity index (χ3v) is 5.10. The molecule has 0 atom stereocenters. The molecule has 2 heterocycles. The van der Waals surface area contributed by atoms with Gasteiger partial charge < -0.3 is 10.1 Å². The Bertz CT molecular complexity index is 1310. The molecule has 0 aliphatic carbocycles. The fourth-order valence-electron chi connectivity index (χ4n) is 2.92. The van der Waals surface area contributed by atoms with E-state index in [9.17, 15) is 14.9 Å². The summed E-state index contributed by atoms with van der Waals surface area (Å²) in [5, 5.41) is 15.5. The van der Waals surface area contributed by atoms with Gasteiger partial charge in [-0.1, -0.05) is 22.0 Å². The number of nitrogens with zero attached hydrogens (tertiary/aromatic N) is 4. The van der Waals surface area contributed by atoms with Gasteiger partial charge in [0, 0.05) is 27.3 Å². The van der Waals surface area contributed by atoms with Gasteiger partial charge in [-0.25, -0.2) is 4.98 Å². The van der Waals surface area contributed by atoms with E-state index in [4.69, 9.17) is 4.74 Å². The maximum absolute atomic E-state index is 11.8. The summed E-state index contributed by atoms with van der Waals surface area (Å²) in [5.74, 6) is -0.0277. The fraction of sp³-hybridized carbons (Fsp3) is 0.0476. The molecular formula is C21H14BrN5O4. The van der Waals surface area contributed by atoms with Crippen LogP contribution in [0.4, 0.5) is 17.2 Å². The number of fused-ring (bicyclic) bond motifs is 1. The van der Waals surface area contributed by atoms with Crippen LogP contribution in [0.5, 0.6) is 11.6 Å². The second kappa shape index (κ2) is 8.44. The molecular weight excluding hydrogens is 466 g/mol. The summed E-state index contributed by atoms with van der Waals surface area (Å²) in [5.41, 5.74) is 1.15. The van der Waals surface area contributed by atoms with Crippen LogP contribution in [-0.4, -0.2) is 25.7 Å². The number of carbonyl (C=O) groups is 1. The lowest BCUT2D eigenvalue weighted by Gasteiger charge is -2.11. The number of nitro groups is 1. The molecule has 0 bridgehead atoms. The average molecular weight is 480 g/mol. The van der Waals surface area contributed by atoms with Crippen LogP contribution >= 0.6 is 15.9 Å². The quantitative estimate of drug-likeness (QED) is 0.220. The van der Waals surface area contributed by atoms with Crippen LogP contribution in [0, 0.1) is 10.1 Å². The first-order valence-corrected chi connectivity index (χ1v) is 9.82. The Morgan fingerprint density at radius 2 is 1.87 bits per heavy atom. The number of anilines is 2. The number of pyridine rings is 1. The van der Waals surface area contributed by atoms with Crippen LogP contribution in [0.2, 0.25) is 0 Å². The zero-order valence-corrected chi connectivity index (χ0v) is 17.7. The molecule has 4 aromatic rings. The second-order valence-electron chi connectivity index (χ2n) is 6.44. The van der Waals surface area contributed by atoms with Crippen LogP contribution in [0.25, 0.3) is 10.9 Å². The summed E-state index contributed by atoms with van der Waals surface area (Å²) in [4.78, 5) is 34.9. The molecule has 0 fully saturated rings. The third-order valence-electron chi connectivity index (χ3n) is 4.41. The molecule has 154 valence electrons. The smallest absolute Gasteiger partial charge is 0.373 e. The number of ether oxygens (including phenoxy) is 1. The van der Waals surface area contributed by atoms with E-state index in [0.717, 1.165) is 9.86 Å². The number of ketones is 1. The molecule has 9 nitrogen and oxygen atoms in total. The minimum Gasteiger partial charge on any atom is -0.431 e. The number of hydrogen-bond acceptors (Lipinski definition) is 8. The number of nitrogens with one attached hydrogen (secondary N) is 1. The van der Waals surface area contributed by atoms with Crippen molar-refractivity contribution in [2.45, 2.75) is 6.92 Å². The van der Waals surface area contributed by atoms with Crippen molar-refractivity contribution in [3.63, 3.8) is 0 Å². The number of Topliss-reactive ketones (excluding diaryl/α,β-unsaturated/α-hetero) is 1. The molecule has 0 saturated heterocycles. The zero-order chi connectivity index (χ0) is 22.0. The van der Waals surface area contributed by atoms with Crippen molar-refractivity contribution in [1.29, 1.82) is 0 Å². The lowest BCUT2D eigenvalue weighted by Crippen LogP contribution is -2.04. The maximum atomic E-state index is 11.8. The Hall–Kier alpha value is -3.92. The summed E-state index contributed by atoms with van der Waals surface area (Å²) in [6.07, 6.45) is 2.77. The predicted octanol–water partition coefficient (Wildman–Crippen LogP) is 5.43. The molecule has 0 spiro atoms. The molecule has 0 aliphatic rings. The number of benzene rings is 2. The highest BCUT2D eigenvalue weighted by molar-refractivity contribution is 9.10. The van der Waals surface area contributed by atoms with Gasteiger partial charge in [-0.3, -0.25) is 19.9 Å². The number of halogens is 1. The van der Waals surface area contributed by atoms with Crippen molar-refractivity contribution in [3.05, 3.63) is 81.2 Å². The SMILES string of the molecule is CC(=O)c1ccc(Nc2ncnc(Oc3ccc(Br)c4cccnc34)c2[N+](=O)[O-])cc1. The normalized spacial score (nSPS) is 10.6. The molecule has 1 N–H and O–H groups in total. The molecule has 10 heteroatoms. The van der Waals surface area contributed by atoms with E-state index in [-0.39, 0.29) is 17.5 Å². The summed E-state index contributed by atoms with van der Waals surface area (Å²) in [6.45, 7) is 1.46. The summed E-state index contributed by atoms with van der Waals surface area (Å²) in [7, 11) is 0. The monoisotopic (exact) mass is 479 g/mol. The Balaban J connectivity index is 1.72. The van der Waals surface area contributed by atoms with Crippen molar-refractivity contribution in [2.24, 2.45) is 0 Å². The number of hydrogen-bond donors (Lipinski definition) is 1. The van der Waals surface area contributed by atoms with Crippen molar-refractivity contribution >= 4 is 49.8 Å². The number of rotatable bonds is 6. The van der Waals surface area contributed by atoms with E-state index in [1.54, 1.807) is 48.7 Å². The van der Waals surface area contributed by atoms with E-state index < -0.39 is 10.6 Å². The maximum Gasteiger partial charge on any atom is 0.373 e. The summed E-state index contributed by atoms with van der Waals surface area (Å²) >= 11 is 3.46. The molecule has 2 aromatic carbocycles. The molecule has 4 rings (SSSR count). The molecule has 0 saturated carbocycles. The van der Waals surface area contributed by atoms with E-state index in [2.05, 4.69) is 36.2 Å². The first-order chi connectivity index (χ1) is 14.9. The molecule has 31 heavy (non-hydrogen) atoms. The zero-order valence-electron chi connectivity index (χ0n) is 16.1. The minimum atomic E-state index is -0.615. The van der Waals surface area contributed by atoms with E-state index in [0.29, 0.717) is 22.5 Å². The van der Waals surface area contributed by atoms with Crippen molar-refractivity contribution in [1.82, 2.24) is 15.0 Å². The van der Waals surface area contributed by atoms with Gasteiger partial charge in [0.1, 0.15) is 11.8 Å². The Kier molecular flexibility index (Phi) is 5.54. The standard InChI is InChI=1S/C21H14BrN5O4/c1-12(28)13-4-6-14(7-5-13)26-20-19(27(29)30)21(25-11-24-20)31-17-9-8-16(22)15-3-2-10-23-18(15)17/h2-11H,1H3,(H,24,25,26). The molecule has 2 aromatic heterocycles. The molecule has 0 unspecified atom stereocenters. The van der Waals surface area contributed by atoms with Crippen LogP contribution in [0.1, 0.15) is 17.3 Å². The summed E-state index contributed by atoms with van der Waals surface area (Å²) < 4.78 is 6.62. The Morgan fingerprint density at radius 3 is 2.58 bits per heavy atom. The highest BCUT2D eigenvalue weighted by Crippen LogP contribution is 2.38. The lowest BCUT2D eigenvalue weighted by atomic mass is 10.1. The van der Waals surface area contributed by atoms with Gasteiger partial charge in [0.05, 0.1) is 4.92 Å². The highest BCUT2D eigenvalue weighted by atomic mass is 79.9. The highest BCUT2D eigenvalue weighted by Gasteiger charge is 2.26. The average Bonchev–Trinajstić information content (AvgIpc) is 2.76. The van der Waals surface area contributed by atoms with Gasteiger partial charge in [0.15, 0.2) is 11.5 Å². The van der Waals surface area contributed by atoms with Crippen LogP contribution in [-0.2, 0) is 0 Å². The number of aromatic nitrogens is 3. The Labute approximate surface area is 184 Å². The lowest BCUT2D eigenvalue weighted by molar-refractivity contribution is -0.385. The Morgan fingerprint density at radius 1 is 1.10 bits per heavy atom. The largest absolute Gasteiger partial charge is 0.431 e. The molecule has 0 amide bonds. The van der Waals surface area contributed by atoms with Gasteiger partial charge in [-0.15, -0.1) is 0 Å². The van der Waals surface area contributed by atoms with Gasteiger partial charge in [-0.2, -0.15) is 4.98 Å². The predicted molar refractivity (Wildman–Crippen MR) is 118 cm³/mol. The fourth-order valence-corrected chi connectivity index (χ4v) is 3.37. The van der Waals surface area contributed by atoms with Crippen LogP contribution in [0.15, 0.2) is 65.5 Å². The van der Waals surface area contributed by atoms with Crippen LogP contribution < -0.4 is 10.1 Å². The minimum absolute atomic E-state index is 0.0417. The van der Waals surface area contributed by atoms with Gasteiger partial charge in [0.2, 0.25) is 5.82 Å². The van der Waals surface area contributed by atoms with Crippen molar-refractivity contribution < 1.29 is 14.5 Å². The summed E-state index contributed by atoms with van der Waals surface area (Å²) in [6, 6.07) is 13.6. The molecule has 0 aliphatic heterocycles. The van der Waals surface area contributed by atoms with E-state index >= 15 is 0 Å². The number of carbonyl (C=O) groups excluding carboxylic acids is 1. The second-order valence-corrected chi connectivity index (χ2v) is 7.29. The first kappa shape index (κ1) is 20.4.